The van der Waals surface area contributed by atoms with Crippen LogP contribution in [0.3, 0.4) is 0 Å². The summed E-state index contributed by atoms with van der Waals surface area (Å²) < 4.78 is 1.85. The van der Waals surface area contributed by atoms with Gasteiger partial charge < -0.3 is 9.67 Å². The third kappa shape index (κ3) is 3.52. The number of carboxylic acid groups (broad SMARTS) is 1. The lowest BCUT2D eigenvalue weighted by molar-refractivity contribution is -0.147. The molecule has 0 atom stereocenters. The molecular formula is C10H17N3O2S. The third-order valence-electron chi connectivity index (χ3n) is 2.43. The van der Waals surface area contributed by atoms with Crippen LogP contribution >= 0.6 is 11.8 Å². The molecule has 0 unspecified atom stereocenters. The number of nitrogens with zero attached hydrogens (tertiary/aromatic N) is 3. The molecule has 0 amide bonds. The topological polar surface area (TPSA) is 68.0 Å². The highest BCUT2D eigenvalue weighted by atomic mass is 32.2. The SMILES string of the molecule is Cn1cnnc1SCCCC(C)(C)C(=O)O. The summed E-state index contributed by atoms with van der Waals surface area (Å²) in [4.78, 5) is 10.9. The van der Waals surface area contributed by atoms with E-state index in [1.54, 1.807) is 31.9 Å². The number of aryl methyl sites for hydroxylation is 1. The second kappa shape index (κ2) is 5.34. The van der Waals surface area contributed by atoms with Gasteiger partial charge in [-0.2, -0.15) is 0 Å². The van der Waals surface area contributed by atoms with Gasteiger partial charge in [-0.25, -0.2) is 0 Å². The monoisotopic (exact) mass is 243 g/mol. The summed E-state index contributed by atoms with van der Waals surface area (Å²) in [6.07, 6.45) is 3.19. The second-order valence-electron chi connectivity index (χ2n) is 4.37. The maximum Gasteiger partial charge on any atom is 0.309 e. The summed E-state index contributed by atoms with van der Waals surface area (Å²) in [6.45, 7) is 3.50. The minimum Gasteiger partial charge on any atom is -0.481 e. The molecule has 0 bridgehead atoms. The number of rotatable bonds is 6. The number of hydrogen-bond acceptors (Lipinski definition) is 4. The summed E-state index contributed by atoms with van der Waals surface area (Å²) in [7, 11) is 1.89. The Bertz CT molecular complexity index is 363. The van der Waals surface area contributed by atoms with Crippen molar-refractivity contribution in [3.05, 3.63) is 6.33 Å². The van der Waals surface area contributed by atoms with Gasteiger partial charge in [-0.3, -0.25) is 4.79 Å². The van der Waals surface area contributed by atoms with E-state index in [9.17, 15) is 4.79 Å². The molecule has 90 valence electrons. The largest absolute Gasteiger partial charge is 0.481 e. The van der Waals surface area contributed by atoms with Gasteiger partial charge in [0.05, 0.1) is 5.41 Å². The van der Waals surface area contributed by atoms with Crippen LogP contribution in [0.15, 0.2) is 11.5 Å². The highest BCUT2D eigenvalue weighted by Crippen LogP contribution is 2.25. The van der Waals surface area contributed by atoms with Crippen molar-refractivity contribution < 1.29 is 9.90 Å². The average molecular weight is 243 g/mol. The predicted octanol–water partition coefficient (Wildman–Crippen LogP) is 1.80. The Morgan fingerprint density at radius 3 is 2.81 bits per heavy atom. The molecule has 16 heavy (non-hydrogen) atoms. The van der Waals surface area contributed by atoms with Gasteiger partial charge in [0.2, 0.25) is 0 Å². The first-order valence-corrected chi connectivity index (χ1v) is 6.12. The molecule has 0 aliphatic rings. The fraction of sp³-hybridized carbons (Fsp3) is 0.700. The van der Waals surface area contributed by atoms with Crippen molar-refractivity contribution in [2.24, 2.45) is 12.5 Å². The van der Waals surface area contributed by atoms with Crippen molar-refractivity contribution >= 4 is 17.7 Å². The standard InChI is InChI=1S/C10H17N3O2S/c1-10(2,8(14)15)5-4-6-16-9-12-11-7-13(9)3/h7H,4-6H2,1-3H3,(H,14,15). The van der Waals surface area contributed by atoms with Gasteiger partial charge in [0, 0.05) is 12.8 Å². The predicted molar refractivity (Wildman–Crippen MR) is 62.4 cm³/mol. The Hall–Kier alpha value is -1.04. The third-order valence-corrected chi connectivity index (χ3v) is 3.55. The molecular weight excluding hydrogens is 226 g/mol. The van der Waals surface area contributed by atoms with Crippen molar-refractivity contribution in [3.8, 4) is 0 Å². The van der Waals surface area contributed by atoms with Crippen LogP contribution in [0.4, 0.5) is 0 Å². The first-order chi connectivity index (χ1) is 7.43. The molecule has 0 aliphatic carbocycles. The van der Waals surface area contributed by atoms with Crippen LogP contribution in [0.25, 0.3) is 0 Å². The summed E-state index contributed by atoms with van der Waals surface area (Å²) in [6, 6.07) is 0. The fourth-order valence-electron chi connectivity index (χ4n) is 1.19. The van der Waals surface area contributed by atoms with E-state index < -0.39 is 11.4 Å². The van der Waals surface area contributed by atoms with Gasteiger partial charge in [0.25, 0.3) is 0 Å². The van der Waals surface area contributed by atoms with Crippen LogP contribution in [0.1, 0.15) is 26.7 Å². The van der Waals surface area contributed by atoms with E-state index in [0.29, 0.717) is 6.42 Å². The van der Waals surface area contributed by atoms with Crippen LogP contribution in [0.5, 0.6) is 0 Å². The first-order valence-electron chi connectivity index (χ1n) is 5.13. The molecule has 1 N–H and O–H groups in total. The Morgan fingerprint density at radius 1 is 1.62 bits per heavy atom. The van der Waals surface area contributed by atoms with Crippen molar-refractivity contribution in [2.45, 2.75) is 31.8 Å². The van der Waals surface area contributed by atoms with E-state index in [4.69, 9.17) is 5.11 Å². The molecule has 1 heterocycles. The van der Waals surface area contributed by atoms with Gasteiger partial charge >= 0.3 is 5.97 Å². The van der Waals surface area contributed by atoms with Crippen LogP contribution in [-0.4, -0.2) is 31.6 Å². The minimum absolute atomic E-state index is 0.638. The molecule has 0 saturated carbocycles. The van der Waals surface area contributed by atoms with Crippen molar-refractivity contribution in [1.29, 1.82) is 0 Å². The van der Waals surface area contributed by atoms with E-state index in [-0.39, 0.29) is 0 Å². The maximum absolute atomic E-state index is 10.9. The van der Waals surface area contributed by atoms with Gasteiger partial charge in [-0.05, 0) is 26.7 Å². The molecule has 1 aromatic heterocycles. The molecule has 0 saturated heterocycles. The zero-order valence-corrected chi connectivity index (χ0v) is 10.6. The molecule has 0 radical (unpaired) electrons. The van der Waals surface area contributed by atoms with Gasteiger partial charge in [0.15, 0.2) is 5.16 Å². The van der Waals surface area contributed by atoms with Gasteiger partial charge in [-0.1, -0.05) is 11.8 Å². The van der Waals surface area contributed by atoms with Crippen LogP contribution < -0.4 is 0 Å². The molecule has 0 aliphatic heterocycles. The lowest BCUT2D eigenvalue weighted by atomic mass is 9.88. The Labute approximate surface area is 99.3 Å². The molecule has 0 aromatic carbocycles. The average Bonchev–Trinajstić information content (AvgIpc) is 2.59. The highest BCUT2D eigenvalue weighted by molar-refractivity contribution is 7.99. The Morgan fingerprint density at radius 2 is 2.31 bits per heavy atom. The van der Waals surface area contributed by atoms with E-state index in [0.717, 1.165) is 17.3 Å². The summed E-state index contributed by atoms with van der Waals surface area (Å²) >= 11 is 1.60. The molecule has 1 rings (SSSR count). The number of aromatic nitrogens is 3. The van der Waals surface area contributed by atoms with Crippen LogP contribution in [0.2, 0.25) is 0 Å². The molecule has 5 nitrogen and oxygen atoms in total. The lowest BCUT2D eigenvalue weighted by Gasteiger charge is -2.18. The minimum atomic E-state index is -0.740. The second-order valence-corrected chi connectivity index (χ2v) is 5.43. The van der Waals surface area contributed by atoms with E-state index >= 15 is 0 Å². The van der Waals surface area contributed by atoms with E-state index in [1.165, 1.54) is 0 Å². The molecule has 1 aromatic rings. The molecule has 0 spiro atoms. The normalized spacial score (nSPS) is 11.7. The van der Waals surface area contributed by atoms with E-state index in [1.807, 2.05) is 11.6 Å². The summed E-state index contributed by atoms with van der Waals surface area (Å²) in [5.74, 6) is 0.125. The Kier molecular flexibility index (Phi) is 4.35. The number of hydrogen-bond donors (Lipinski definition) is 1. The highest BCUT2D eigenvalue weighted by Gasteiger charge is 2.26. The maximum atomic E-state index is 10.9. The summed E-state index contributed by atoms with van der Waals surface area (Å²) in [5.41, 5.74) is -0.638. The summed E-state index contributed by atoms with van der Waals surface area (Å²) in [5, 5.41) is 17.5. The van der Waals surface area contributed by atoms with E-state index in [2.05, 4.69) is 10.2 Å². The van der Waals surface area contributed by atoms with Crippen LogP contribution in [0, 0.1) is 5.41 Å². The number of aliphatic carboxylic acids is 1. The molecule has 6 heteroatoms. The fourth-order valence-corrected chi connectivity index (χ4v) is 2.01. The number of carboxylic acids is 1. The zero-order valence-electron chi connectivity index (χ0n) is 9.80. The lowest BCUT2D eigenvalue weighted by Crippen LogP contribution is -2.23. The number of carbonyl (C=O) groups is 1. The van der Waals surface area contributed by atoms with Crippen molar-refractivity contribution in [3.63, 3.8) is 0 Å². The van der Waals surface area contributed by atoms with Crippen LogP contribution in [-0.2, 0) is 11.8 Å². The zero-order chi connectivity index (χ0) is 12.2. The smallest absolute Gasteiger partial charge is 0.309 e. The van der Waals surface area contributed by atoms with Crippen molar-refractivity contribution in [2.75, 3.05) is 5.75 Å². The first kappa shape index (κ1) is 13.0. The van der Waals surface area contributed by atoms with Gasteiger partial charge in [-0.15, -0.1) is 10.2 Å². The molecule has 0 fully saturated rings. The Balaban J connectivity index is 2.27. The number of thioether (sulfide) groups is 1. The van der Waals surface area contributed by atoms with Crippen molar-refractivity contribution in [1.82, 2.24) is 14.8 Å². The quantitative estimate of drug-likeness (QED) is 0.609. The van der Waals surface area contributed by atoms with Gasteiger partial charge in [0.1, 0.15) is 6.33 Å².